The minimum absolute atomic E-state index is 0.0231. The summed E-state index contributed by atoms with van der Waals surface area (Å²) in [6.45, 7) is 7.18. The van der Waals surface area contributed by atoms with E-state index in [0.717, 1.165) is 10.6 Å². The Labute approximate surface area is 451 Å². The molecular formula is C54H67N13O11. The second-order valence-electron chi connectivity index (χ2n) is 19.3. The van der Waals surface area contributed by atoms with E-state index < -0.39 is 41.9 Å². The number of anilines is 4. The van der Waals surface area contributed by atoms with Gasteiger partial charge in [0, 0.05) is 68.7 Å². The molecule has 78 heavy (non-hydrogen) atoms. The van der Waals surface area contributed by atoms with Crippen molar-refractivity contribution in [3.63, 3.8) is 0 Å². The molecule has 7 rings (SSSR count). The highest BCUT2D eigenvalue weighted by atomic mass is 16.6. The van der Waals surface area contributed by atoms with E-state index >= 15 is 0 Å². The number of benzene rings is 2. The highest BCUT2D eigenvalue weighted by Gasteiger charge is 2.30. The number of aromatic nitrogens is 3. The van der Waals surface area contributed by atoms with E-state index in [0.29, 0.717) is 112 Å². The van der Waals surface area contributed by atoms with Crippen LogP contribution in [0.25, 0.3) is 11.3 Å². The summed E-state index contributed by atoms with van der Waals surface area (Å²) >= 11 is 0. The van der Waals surface area contributed by atoms with Crippen LogP contribution in [0.1, 0.15) is 81.3 Å². The molecule has 2 aromatic heterocycles. The SMILES string of the molecule is CC(C)[C@H](NC(=O)CCCCCN1C(=O)C=CC1=O)C(=O)N[C@@H](CCCNC(N)=O)C(=O)Nc1ccc(COC(=O)N2CCC[C@H](Oc3ccc(-c4cnc(N)c(C(=O)Nc5cnccc5N5CCOCC5)n4)cc3)C2)cc1. The number of hydrogen-bond donors (Lipinski definition) is 7. The molecule has 9 amide bonds. The fourth-order valence-electron chi connectivity index (χ4n) is 8.91. The van der Waals surface area contributed by atoms with Gasteiger partial charge in [-0.1, -0.05) is 32.4 Å². The Morgan fingerprint density at radius 2 is 1.59 bits per heavy atom. The summed E-state index contributed by atoms with van der Waals surface area (Å²) in [5, 5.41) is 13.7. The van der Waals surface area contributed by atoms with Gasteiger partial charge in [-0.2, -0.15) is 0 Å². The van der Waals surface area contributed by atoms with Crippen molar-refractivity contribution in [1.82, 2.24) is 40.7 Å². The number of ether oxygens (including phenoxy) is 3. The predicted molar refractivity (Wildman–Crippen MR) is 287 cm³/mol. The zero-order valence-electron chi connectivity index (χ0n) is 43.7. The van der Waals surface area contributed by atoms with Crippen molar-refractivity contribution in [3.8, 4) is 17.0 Å². The lowest BCUT2D eigenvalue weighted by Gasteiger charge is -2.32. The van der Waals surface area contributed by atoms with Gasteiger partial charge in [-0.15, -0.1) is 0 Å². The number of morpholine rings is 1. The minimum atomic E-state index is -1.05. The average molecular weight is 1070 g/mol. The van der Waals surface area contributed by atoms with Gasteiger partial charge in [-0.3, -0.25) is 38.7 Å². The molecule has 3 aliphatic rings. The van der Waals surface area contributed by atoms with Gasteiger partial charge in [0.25, 0.3) is 17.7 Å². The largest absolute Gasteiger partial charge is 0.489 e. The fraction of sp³-hybridized carbons (Fsp3) is 0.426. The maximum atomic E-state index is 13.7. The van der Waals surface area contributed by atoms with Crippen LogP contribution in [0.5, 0.6) is 5.75 Å². The molecule has 2 aromatic carbocycles. The highest BCUT2D eigenvalue weighted by molar-refractivity contribution is 6.13. The molecular weight excluding hydrogens is 1010 g/mol. The summed E-state index contributed by atoms with van der Waals surface area (Å²) in [5.41, 5.74) is 14.8. The molecule has 4 aromatic rings. The number of nitrogens with zero attached hydrogens (tertiary/aromatic N) is 6. The Hall–Kier alpha value is -8.67. The van der Waals surface area contributed by atoms with Gasteiger partial charge in [-0.25, -0.2) is 19.6 Å². The molecule has 2 fully saturated rings. The van der Waals surface area contributed by atoms with Crippen LogP contribution in [0, 0.1) is 5.92 Å². The van der Waals surface area contributed by atoms with Crippen molar-refractivity contribution in [2.75, 3.05) is 73.7 Å². The Bertz CT molecular complexity index is 2790. The van der Waals surface area contributed by atoms with Crippen molar-refractivity contribution >= 4 is 70.4 Å². The zero-order valence-corrected chi connectivity index (χ0v) is 43.7. The van der Waals surface area contributed by atoms with E-state index in [4.69, 9.17) is 25.7 Å². The number of primary amides is 1. The number of rotatable bonds is 24. The molecule has 0 bridgehead atoms. The minimum Gasteiger partial charge on any atom is -0.489 e. The number of unbranched alkanes of at least 4 members (excludes halogenated alkanes) is 2. The molecule has 2 saturated heterocycles. The molecule has 414 valence electrons. The number of nitrogen functional groups attached to an aromatic ring is 1. The maximum Gasteiger partial charge on any atom is 0.410 e. The van der Waals surface area contributed by atoms with E-state index in [1.165, 1.54) is 18.3 Å². The Balaban J connectivity index is 0.862. The maximum absolute atomic E-state index is 13.7. The Morgan fingerprint density at radius 3 is 2.31 bits per heavy atom. The lowest BCUT2D eigenvalue weighted by atomic mass is 10.0. The number of carbonyl (C=O) groups excluding carboxylic acids is 8. The summed E-state index contributed by atoms with van der Waals surface area (Å²) in [4.78, 5) is 120. The number of hydrogen-bond acceptors (Lipinski definition) is 16. The molecule has 0 aliphatic carbocycles. The number of carbonyl (C=O) groups is 8. The highest BCUT2D eigenvalue weighted by Crippen LogP contribution is 2.28. The quantitative estimate of drug-likeness (QED) is 0.0387. The van der Waals surface area contributed by atoms with Gasteiger partial charge in [0.1, 0.15) is 30.5 Å². The van der Waals surface area contributed by atoms with Gasteiger partial charge < -0.3 is 62.1 Å². The first-order valence-corrected chi connectivity index (χ1v) is 26.1. The lowest BCUT2D eigenvalue weighted by Crippen LogP contribution is -2.54. The summed E-state index contributed by atoms with van der Waals surface area (Å²) in [6.07, 6.45) is 9.89. The second-order valence-corrected chi connectivity index (χ2v) is 19.3. The number of imide groups is 1. The van der Waals surface area contributed by atoms with Crippen LogP contribution in [-0.4, -0.2) is 143 Å². The molecule has 3 atom stereocenters. The Kier molecular flexibility index (Phi) is 20.4. The number of nitrogens with two attached hydrogens (primary N) is 2. The standard InChI is InChI=1S/C54H67N13O11/c1-34(2)47(64-44(68)10-4-3-5-25-67-45(69)19-20-46(67)70)51(72)62-40(9-6-22-58-53(56)74)50(71)60-37-15-11-35(12-16-37)33-77-54(75)66-24-7-8-39(32-66)78-38-17-13-36(14-18-38)41-31-59-49(55)48(61-41)52(73)63-42-30-57-23-21-43(42)65-26-28-76-29-27-65/h11-21,23,30-31,34,39-40,47H,3-10,22,24-29,32-33H2,1-2H3,(H2,55,59)(H,60,71)(H,62,72)(H,63,73)(H,64,68)(H3,56,58,74)/t39-,40-,47-/m0/s1. The van der Waals surface area contributed by atoms with E-state index in [2.05, 4.69) is 46.4 Å². The smallest absolute Gasteiger partial charge is 0.410 e. The third-order valence-electron chi connectivity index (χ3n) is 13.1. The first kappa shape index (κ1) is 57.0. The Morgan fingerprint density at radius 1 is 0.846 bits per heavy atom. The number of nitrogens with one attached hydrogen (secondary N) is 5. The summed E-state index contributed by atoms with van der Waals surface area (Å²) in [7, 11) is 0. The van der Waals surface area contributed by atoms with Crippen LogP contribution in [0.15, 0.2) is 85.3 Å². The molecule has 3 aliphatic heterocycles. The lowest BCUT2D eigenvalue weighted by molar-refractivity contribution is -0.137. The monoisotopic (exact) mass is 1070 g/mol. The van der Waals surface area contributed by atoms with E-state index in [1.54, 1.807) is 79.7 Å². The summed E-state index contributed by atoms with van der Waals surface area (Å²) in [5.74, 6) is -2.49. The first-order chi connectivity index (χ1) is 37.6. The van der Waals surface area contributed by atoms with Gasteiger partial charge >= 0.3 is 12.1 Å². The molecule has 0 spiro atoms. The van der Waals surface area contributed by atoms with Crippen LogP contribution in [0.4, 0.5) is 32.5 Å². The predicted octanol–water partition coefficient (Wildman–Crippen LogP) is 3.89. The fourth-order valence-corrected chi connectivity index (χ4v) is 8.91. The molecule has 5 heterocycles. The van der Waals surface area contributed by atoms with Crippen LogP contribution < -0.4 is 47.7 Å². The second kappa shape index (κ2) is 27.9. The number of urea groups is 1. The molecule has 9 N–H and O–H groups in total. The van der Waals surface area contributed by atoms with Crippen LogP contribution >= 0.6 is 0 Å². The van der Waals surface area contributed by atoms with Gasteiger partial charge in [0.05, 0.1) is 49.2 Å². The number of piperidine rings is 1. The van der Waals surface area contributed by atoms with Gasteiger partial charge in [-0.05, 0) is 92.5 Å². The van der Waals surface area contributed by atoms with Crippen LogP contribution in [0.3, 0.4) is 0 Å². The third-order valence-corrected chi connectivity index (χ3v) is 13.1. The van der Waals surface area contributed by atoms with Gasteiger partial charge in [0.2, 0.25) is 17.7 Å². The van der Waals surface area contributed by atoms with Crippen LogP contribution in [-0.2, 0) is 40.1 Å². The summed E-state index contributed by atoms with van der Waals surface area (Å²) in [6, 6.07) is 12.9. The van der Waals surface area contributed by atoms with Crippen molar-refractivity contribution in [2.45, 2.75) is 90.0 Å². The molecule has 24 nitrogen and oxygen atoms in total. The van der Waals surface area contributed by atoms with E-state index in [-0.39, 0.29) is 73.8 Å². The van der Waals surface area contributed by atoms with E-state index in [1.807, 2.05) is 6.07 Å². The van der Waals surface area contributed by atoms with Gasteiger partial charge in [0.15, 0.2) is 11.5 Å². The average Bonchev–Trinajstić information content (AvgIpc) is 3.76. The molecule has 24 heteroatoms. The molecule has 0 saturated carbocycles. The van der Waals surface area contributed by atoms with Crippen molar-refractivity contribution in [2.24, 2.45) is 11.7 Å². The van der Waals surface area contributed by atoms with Crippen molar-refractivity contribution in [1.29, 1.82) is 0 Å². The first-order valence-electron chi connectivity index (χ1n) is 26.1. The number of pyridine rings is 1. The number of amides is 9. The zero-order chi connectivity index (χ0) is 55.6. The van der Waals surface area contributed by atoms with Crippen molar-refractivity contribution in [3.05, 3.63) is 96.6 Å². The molecule has 0 radical (unpaired) electrons. The number of likely N-dealkylation sites (tertiary alicyclic amines) is 1. The third kappa shape index (κ3) is 16.4. The van der Waals surface area contributed by atoms with Crippen LogP contribution in [0.2, 0.25) is 0 Å². The van der Waals surface area contributed by atoms with E-state index in [9.17, 15) is 38.4 Å². The normalized spacial score (nSPS) is 16.0. The summed E-state index contributed by atoms with van der Waals surface area (Å²) < 4.78 is 17.4. The topological polar surface area (TPSA) is 325 Å². The van der Waals surface area contributed by atoms with Crippen molar-refractivity contribution < 1.29 is 52.6 Å². The molecule has 0 unspecified atom stereocenters.